The minimum atomic E-state index is -0.950. The number of aliphatic hydroxyl groups is 1. The molecule has 3 nitrogen and oxygen atoms in total. The van der Waals surface area contributed by atoms with Crippen LogP contribution in [0.5, 0.6) is 0 Å². The van der Waals surface area contributed by atoms with E-state index in [4.69, 9.17) is 5.11 Å². The third kappa shape index (κ3) is 4.79. The molecule has 0 fully saturated rings. The molecule has 5 heteroatoms. The molecular formula is C13H17F2NO2. The van der Waals surface area contributed by atoms with E-state index in [9.17, 15) is 13.6 Å². The van der Waals surface area contributed by atoms with Gasteiger partial charge >= 0.3 is 0 Å². The third-order valence-electron chi connectivity index (χ3n) is 2.55. The monoisotopic (exact) mass is 257 g/mol. The normalized spacial score (nSPS) is 12.2. The highest BCUT2D eigenvalue weighted by atomic mass is 19.2. The average Bonchev–Trinajstić information content (AvgIpc) is 2.31. The lowest BCUT2D eigenvalue weighted by Crippen LogP contribution is -2.33. The maximum Gasteiger partial charge on any atom is 0.224 e. The first-order valence-electron chi connectivity index (χ1n) is 5.87. The molecule has 2 N–H and O–H groups in total. The van der Waals surface area contributed by atoms with Crippen molar-refractivity contribution in [3.8, 4) is 0 Å². The fraction of sp³-hybridized carbons (Fsp3) is 0.462. The molecule has 0 heterocycles. The number of nitrogens with one attached hydrogen (secondary N) is 1. The summed E-state index contributed by atoms with van der Waals surface area (Å²) in [6, 6.07) is 3.37. The molecule has 0 saturated carbocycles. The smallest absolute Gasteiger partial charge is 0.224 e. The molecule has 1 rings (SSSR count). The summed E-state index contributed by atoms with van der Waals surface area (Å²) >= 11 is 0. The average molecular weight is 257 g/mol. The summed E-state index contributed by atoms with van der Waals surface area (Å²) in [4.78, 5) is 11.6. The Morgan fingerprint density at radius 2 is 2.11 bits per heavy atom. The lowest BCUT2D eigenvalue weighted by atomic mass is 10.1. The molecule has 1 aromatic carbocycles. The summed E-state index contributed by atoms with van der Waals surface area (Å²) in [6.45, 7) is 1.92. The zero-order valence-electron chi connectivity index (χ0n) is 10.2. The van der Waals surface area contributed by atoms with Crippen LogP contribution in [0.15, 0.2) is 18.2 Å². The van der Waals surface area contributed by atoms with E-state index in [1.807, 2.05) is 6.92 Å². The van der Waals surface area contributed by atoms with E-state index in [-0.39, 0.29) is 25.0 Å². The predicted octanol–water partition coefficient (Wildman–Crippen LogP) is 1.78. The van der Waals surface area contributed by atoms with E-state index in [0.717, 1.165) is 12.1 Å². The van der Waals surface area contributed by atoms with Crippen LogP contribution in [0, 0.1) is 11.6 Å². The van der Waals surface area contributed by atoms with Gasteiger partial charge in [-0.2, -0.15) is 0 Å². The Kier molecular flexibility index (Phi) is 5.71. The van der Waals surface area contributed by atoms with E-state index in [1.54, 1.807) is 0 Å². The topological polar surface area (TPSA) is 49.3 Å². The fourth-order valence-corrected chi connectivity index (χ4v) is 1.63. The fourth-order valence-electron chi connectivity index (χ4n) is 1.63. The summed E-state index contributed by atoms with van der Waals surface area (Å²) < 4.78 is 25.6. The molecular weight excluding hydrogens is 240 g/mol. The maximum absolute atomic E-state index is 12.9. The highest BCUT2D eigenvalue weighted by Crippen LogP contribution is 2.09. The van der Waals surface area contributed by atoms with Crippen molar-refractivity contribution in [3.63, 3.8) is 0 Å². The number of rotatable bonds is 6. The largest absolute Gasteiger partial charge is 0.396 e. The Morgan fingerprint density at radius 1 is 1.39 bits per heavy atom. The van der Waals surface area contributed by atoms with Gasteiger partial charge in [0.15, 0.2) is 11.6 Å². The Morgan fingerprint density at radius 3 is 2.72 bits per heavy atom. The number of benzene rings is 1. The molecule has 1 amide bonds. The molecule has 0 aliphatic carbocycles. The lowest BCUT2D eigenvalue weighted by molar-refractivity contribution is -0.121. The molecule has 0 aliphatic heterocycles. The second-order valence-electron chi connectivity index (χ2n) is 4.26. The third-order valence-corrected chi connectivity index (χ3v) is 2.55. The van der Waals surface area contributed by atoms with Crippen molar-refractivity contribution >= 4 is 5.91 Å². The molecule has 0 radical (unpaired) electrons. The standard InChI is InChI=1S/C13H17F2NO2/c1-9(3-2-6-17)16-13(18)8-10-4-5-11(14)12(15)7-10/h4-5,7,9,17H,2-3,6,8H2,1H3,(H,16,18). The number of hydrogen-bond acceptors (Lipinski definition) is 2. The minimum absolute atomic E-state index is 0.0145. The number of carbonyl (C=O) groups excluding carboxylic acids is 1. The molecule has 0 saturated heterocycles. The number of halogens is 2. The lowest BCUT2D eigenvalue weighted by Gasteiger charge is -2.13. The van der Waals surface area contributed by atoms with Gasteiger partial charge in [-0.3, -0.25) is 4.79 Å². The Labute approximate surface area is 105 Å². The summed E-state index contributed by atoms with van der Waals surface area (Å²) in [5, 5.41) is 11.4. The van der Waals surface area contributed by atoms with Gasteiger partial charge in [0.05, 0.1) is 6.42 Å². The van der Waals surface area contributed by atoms with Crippen LogP contribution in [0.3, 0.4) is 0 Å². The van der Waals surface area contributed by atoms with E-state index >= 15 is 0 Å². The van der Waals surface area contributed by atoms with Crippen molar-refractivity contribution < 1.29 is 18.7 Å². The van der Waals surface area contributed by atoms with Crippen LogP contribution in [0.2, 0.25) is 0 Å². The number of aliphatic hydroxyl groups excluding tert-OH is 1. The predicted molar refractivity (Wildman–Crippen MR) is 64.0 cm³/mol. The van der Waals surface area contributed by atoms with Gasteiger partial charge in [0.25, 0.3) is 0 Å². The second-order valence-corrected chi connectivity index (χ2v) is 4.26. The summed E-state index contributed by atoms with van der Waals surface area (Å²) in [5.41, 5.74) is 0.431. The Bertz CT molecular complexity index is 410. The zero-order chi connectivity index (χ0) is 13.5. The number of amides is 1. The van der Waals surface area contributed by atoms with E-state index in [2.05, 4.69) is 5.32 Å². The van der Waals surface area contributed by atoms with Crippen molar-refractivity contribution in [3.05, 3.63) is 35.4 Å². The van der Waals surface area contributed by atoms with Crippen molar-refractivity contribution in [2.75, 3.05) is 6.61 Å². The van der Waals surface area contributed by atoms with Gasteiger partial charge in [-0.15, -0.1) is 0 Å². The quantitative estimate of drug-likeness (QED) is 0.816. The van der Waals surface area contributed by atoms with E-state index in [0.29, 0.717) is 18.4 Å². The number of hydrogen-bond donors (Lipinski definition) is 2. The van der Waals surface area contributed by atoms with Crippen molar-refractivity contribution in [1.82, 2.24) is 5.32 Å². The number of carbonyl (C=O) groups is 1. The van der Waals surface area contributed by atoms with E-state index in [1.165, 1.54) is 6.07 Å². The van der Waals surface area contributed by atoms with Crippen LogP contribution in [-0.2, 0) is 11.2 Å². The first kappa shape index (κ1) is 14.6. The molecule has 0 bridgehead atoms. The zero-order valence-corrected chi connectivity index (χ0v) is 10.2. The van der Waals surface area contributed by atoms with Gasteiger partial charge < -0.3 is 10.4 Å². The highest BCUT2D eigenvalue weighted by Gasteiger charge is 2.09. The van der Waals surface area contributed by atoms with Crippen LogP contribution in [0.4, 0.5) is 8.78 Å². The van der Waals surface area contributed by atoms with Gasteiger partial charge in [-0.1, -0.05) is 6.07 Å². The van der Waals surface area contributed by atoms with Gasteiger partial charge in [0.2, 0.25) is 5.91 Å². The second kappa shape index (κ2) is 7.06. The Balaban J connectivity index is 2.46. The molecule has 1 atom stereocenters. The van der Waals surface area contributed by atoms with Gasteiger partial charge in [-0.05, 0) is 37.5 Å². The van der Waals surface area contributed by atoms with Crippen LogP contribution in [0.1, 0.15) is 25.3 Å². The van der Waals surface area contributed by atoms with Crippen molar-refractivity contribution in [2.24, 2.45) is 0 Å². The van der Waals surface area contributed by atoms with Gasteiger partial charge in [-0.25, -0.2) is 8.78 Å². The van der Waals surface area contributed by atoms with Crippen LogP contribution in [-0.4, -0.2) is 23.7 Å². The van der Waals surface area contributed by atoms with Crippen LogP contribution < -0.4 is 5.32 Å². The van der Waals surface area contributed by atoms with Gasteiger partial charge in [0.1, 0.15) is 0 Å². The Hall–Kier alpha value is -1.49. The molecule has 1 unspecified atom stereocenters. The molecule has 0 spiro atoms. The summed E-state index contributed by atoms with van der Waals surface area (Å²) in [7, 11) is 0. The van der Waals surface area contributed by atoms with Crippen LogP contribution >= 0.6 is 0 Å². The van der Waals surface area contributed by atoms with Crippen molar-refractivity contribution in [2.45, 2.75) is 32.2 Å². The molecule has 0 aromatic heterocycles. The molecule has 0 aliphatic rings. The van der Waals surface area contributed by atoms with Gasteiger partial charge in [0, 0.05) is 12.6 Å². The maximum atomic E-state index is 12.9. The molecule has 1 aromatic rings. The van der Waals surface area contributed by atoms with Crippen molar-refractivity contribution in [1.29, 1.82) is 0 Å². The first-order valence-corrected chi connectivity index (χ1v) is 5.87. The summed E-state index contributed by atoms with van der Waals surface area (Å²) in [5.74, 6) is -2.12. The molecule has 18 heavy (non-hydrogen) atoms. The highest BCUT2D eigenvalue weighted by molar-refractivity contribution is 5.78. The minimum Gasteiger partial charge on any atom is -0.396 e. The first-order chi connectivity index (χ1) is 8.52. The molecule has 100 valence electrons. The van der Waals surface area contributed by atoms with Crippen LogP contribution in [0.25, 0.3) is 0 Å². The van der Waals surface area contributed by atoms with E-state index < -0.39 is 11.6 Å². The summed E-state index contributed by atoms with van der Waals surface area (Å²) in [6.07, 6.45) is 1.31. The SMILES string of the molecule is CC(CCCO)NC(=O)Cc1ccc(F)c(F)c1.